The molecule has 7 rings (SSSR count). The number of likely N-dealkylation sites (tertiary alicyclic amines) is 2. The van der Waals surface area contributed by atoms with Gasteiger partial charge < -0.3 is 24.2 Å². The zero-order valence-corrected chi connectivity index (χ0v) is 22.8. The number of fused-ring (bicyclic) bond motifs is 2. The van der Waals surface area contributed by atoms with Gasteiger partial charge in [0, 0.05) is 37.3 Å². The number of benzene rings is 1. The molecule has 0 N–H and O–H groups in total. The summed E-state index contributed by atoms with van der Waals surface area (Å²) in [5.74, 6) is 0.934. The maximum absolute atomic E-state index is 12.1. The number of rotatable bonds is 6. The van der Waals surface area contributed by atoms with Crippen molar-refractivity contribution in [1.29, 1.82) is 0 Å². The summed E-state index contributed by atoms with van der Waals surface area (Å²) in [6, 6.07) is 10.1. The van der Waals surface area contributed by atoms with E-state index < -0.39 is 0 Å². The number of morpholine rings is 1. The fourth-order valence-electron chi connectivity index (χ4n) is 7.21. The first-order valence-electron chi connectivity index (χ1n) is 14.4. The summed E-state index contributed by atoms with van der Waals surface area (Å²) >= 11 is 0. The van der Waals surface area contributed by atoms with Crippen LogP contribution in [0.4, 0.5) is 5.82 Å². The van der Waals surface area contributed by atoms with Gasteiger partial charge in [-0.15, -0.1) is 0 Å². The van der Waals surface area contributed by atoms with Gasteiger partial charge >= 0.3 is 6.01 Å². The molecule has 0 saturated carbocycles. The number of amides is 1. The van der Waals surface area contributed by atoms with Gasteiger partial charge in [-0.1, -0.05) is 30.8 Å². The molecule has 9 heteroatoms. The first kappa shape index (κ1) is 25.0. The van der Waals surface area contributed by atoms with Crippen molar-refractivity contribution in [2.24, 2.45) is 0 Å². The van der Waals surface area contributed by atoms with E-state index in [0.29, 0.717) is 50.9 Å². The number of aromatic nitrogens is 2. The number of nitrogens with zero attached hydrogens (tertiary/aromatic N) is 6. The average Bonchev–Trinajstić information content (AvgIpc) is 3.67. The third kappa shape index (κ3) is 4.50. The van der Waals surface area contributed by atoms with Crippen LogP contribution in [0.2, 0.25) is 0 Å². The molecule has 2 atom stereocenters. The van der Waals surface area contributed by atoms with Crippen LogP contribution < -0.4 is 9.64 Å². The number of hydrogen-bond donors (Lipinski definition) is 0. The summed E-state index contributed by atoms with van der Waals surface area (Å²) in [5, 5.41) is 0. The Balaban J connectivity index is 1.16. The van der Waals surface area contributed by atoms with Crippen LogP contribution in [0.15, 0.2) is 36.9 Å². The predicted molar refractivity (Wildman–Crippen MR) is 148 cm³/mol. The largest absolute Gasteiger partial charge is 0.462 e. The summed E-state index contributed by atoms with van der Waals surface area (Å²) in [4.78, 5) is 31.2. The van der Waals surface area contributed by atoms with E-state index in [4.69, 9.17) is 19.4 Å². The second kappa shape index (κ2) is 9.87. The lowest BCUT2D eigenvalue weighted by Crippen LogP contribution is -2.71. The number of likely N-dealkylation sites (N-methyl/N-ethyl adjacent to an activating group) is 1. The van der Waals surface area contributed by atoms with Crippen molar-refractivity contribution >= 4 is 11.7 Å². The molecule has 1 aliphatic carbocycles. The van der Waals surface area contributed by atoms with Gasteiger partial charge in [0.05, 0.1) is 31.9 Å². The topological polar surface area (TPSA) is 74.3 Å². The Morgan fingerprint density at radius 3 is 2.87 bits per heavy atom. The highest BCUT2D eigenvalue weighted by atomic mass is 16.5. The molecular weight excluding hydrogens is 492 g/mol. The molecule has 5 heterocycles. The van der Waals surface area contributed by atoms with Crippen molar-refractivity contribution in [3.05, 3.63) is 59.3 Å². The smallest absolute Gasteiger partial charge is 0.318 e. The lowest BCUT2D eigenvalue weighted by atomic mass is 9.91. The van der Waals surface area contributed by atoms with Crippen molar-refractivity contribution in [1.82, 2.24) is 24.7 Å². The third-order valence-corrected chi connectivity index (χ3v) is 9.38. The minimum atomic E-state index is -0.356. The SMILES string of the molecule is C=CC(=O)N1CC2(C1)CN(c1nc(OC[C@@H]3CCCN3C)nc3c1CN(C1CCc4ccccc41)C3)CCO2. The molecule has 1 aromatic carbocycles. The second-order valence-electron chi connectivity index (χ2n) is 11.9. The molecular formula is C30H38N6O3. The molecule has 0 radical (unpaired) electrons. The van der Waals surface area contributed by atoms with E-state index in [2.05, 4.69) is 52.6 Å². The average molecular weight is 531 g/mol. The van der Waals surface area contributed by atoms with Crippen molar-refractivity contribution in [3.8, 4) is 6.01 Å². The highest BCUT2D eigenvalue weighted by Gasteiger charge is 2.49. The molecule has 1 aromatic heterocycles. The molecule has 3 fully saturated rings. The van der Waals surface area contributed by atoms with E-state index in [0.717, 1.165) is 57.0 Å². The van der Waals surface area contributed by atoms with Crippen LogP contribution in [-0.4, -0.2) is 95.2 Å². The molecule has 2 aromatic rings. The number of hydrogen-bond acceptors (Lipinski definition) is 8. The molecule has 1 spiro atoms. The van der Waals surface area contributed by atoms with E-state index in [1.165, 1.54) is 29.2 Å². The van der Waals surface area contributed by atoms with E-state index in [1.807, 2.05) is 0 Å². The van der Waals surface area contributed by atoms with Gasteiger partial charge in [-0.25, -0.2) is 0 Å². The first-order chi connectivity index (χ1) is 19.0. The second-order valence-corrected chi connectivity index (χ2v) is 11.9. The van der Waals surface area contributed by atoms with E-state index >= 15 is 0 Å². The number of carbonyl (C=O) groups is 1. The molecule has 1 amide bonds. The zero-order chi connectivity index (χ0) is 26.6. The van der Waals surface area contributed by atoms with Crippen LogP contribution in [0.3, 0.4) is 0 Å². The van der Waals surface area contributed by atoms with Gasteiger partial charge in [-0.2, -0.15) is 9.97 Å². The molecule has 1 unspecified atom stereocenters. The molecule has 39 heavy (non-hydrogen) atoms. The fourth-order valence-corrected chi connectivity index (χ4v) is 7.21. The van der Waals surface area contributed by atoms with Crippen LogP contribution in [0.25, 0.3) is 0 Å². The van der Waals surface area contributed by atoms with Crippen molar-refractivity contribution in [2.75, 3.05) is 57.9 Å². The molecule has 4 aliphatic heterocycles. The number of carbonyl (C=O) groups excluding carboxylic acids is 1. The van der Waals surface area contributed by atoms with E-state index in [9.17, 15) is 4.79 Å². The maximum Gasteiger partial charge on any atom is 0.318 e. The minimum absolute atomic E-state index is 0.0377. The van der Waals surface area contributed by atoms with Crippen LogP contribution in [0.5, 0.6) is 6.01 Å². The summed E-state index contributed by atoms with van der Waals surface area (Å²) in [7, 11) is 2.17. The maximum atomic E-state index is 12.1. The molecule has 5 aliphatic rings. The van der Waals surface area contributed by atoms with Crippen LogP contribution in [-0.2, 0) is 29.0 Å². The van der Waals surface area contributed by atoms with Crippen LogP contribution in [0, 0.1) is 0 Å². The van der Waals surface area contributed by atoms with Crippen molar-refractivity contribution in [3.63, 3.8) is 0 Å². The van der Waals surface area contributed by atoms with Gasteiger partial charge in [0.25, 0.3) is 0 Å². The number of ether oxygens (including phenoxy) is 2. The quantitative estimate of drug-likeness (QED) is 0.528. The van der Waals surface area contributed by atoms with Gasteiger partial charge in [0.15, 0.2) is 0 Å². The highest BCUT2D eigenvalue weighted by Crippen LogP contribution is 2.42. The number of anilines is 1. The Morgan fingerprint density at radius 1 is 1.18 bits per heavy atom. The summed E-state index contributed by atoms with van der Waals surface area (Å²) in [6.45, 7) is 10.2. The zero-order valence-electron chi connectivity index (χ0n) is 22.8. The lowest BCUT2D eigenvalue weighted by molar-refractivity contribution is -0.167. The van der Waals surface area contributed by atoms with Crippen LogP contribution in [0.1, 0.15) is 47.7 Å². The Hall–Kier alpha value is -3.01. The Morgan fingerprint density at radius 2 is 2.05 bits per heavy atom. The highest BCUT2D eigenvalue weighted by molar-refractivity contribution is 5.88. The molecule has 9 nitrogen and oxygen atoms in total. The van der Waals surface area contributed by atoms with E-state index in [1.54, 1.807) is 4.90 Å². The Bertz CT molecular complexity index is 1280. The fraction of sp³-hybridized carbons (Fsp3) is 0.567. The Labute approximate surface area is 230 Å². The van der Waals surface area contributed by atoms with Crippen molar-refractivity contribution < 1.29 is 14.3 Å². The predicted octanol–water partition coefficient (Wildman–Crippen LogP) is 2.56. The third-order valence-electron chi connectivity index (χ3n) is 9.38. The summed E-state index contributed by atoms with van der Waals surface area (Å²) < 4.78 is 12.5. The standard InChI is InChI=1S/C30H38N6O3/c1-3-27(37)36-19-30(20-36)18-34(13-14-39-30)28-24-15-35(26-11-10-21-7-4-5-9-23(21)26)16-25(24)31-29(32-28)38-17-22-8-6-12-33(22)2/h3-5,7,9,22,26H,1,6,8,10-20H2,2H3/t22-,26?/m0/s1. The summed E-state index contributed by atoms with van der Waals surface area (Å²) in [6.07, 6.45) is 6.00. The van der Waals surface area contributed by atoms with Crippen molar-refractivity contribution in [2.45, 2.75) is 56.5 Å². The molecule has 0 bridgehead atoms. The first-order valence-corrected chi connectivity index (χ1v) is 14.4. The monoisotopic (exact) mass is 530 g/mol. The van der Waals surface area contributed by atoms with Crippen LogP contribution >= 0.6 is 0 Å². The lowest BCUT2D eigenvalue weighted by Gasteiger charge is -2.53. The summed E-state index contributed by atoms with van der Waals surface area (Å²) in [5.41, 5.74) is 4.85. The normalized spacial score (nSPS) is 26.0. The van der Waals surface area contributed by atoms with Gasteiger partial charge in [-0.05, 0) is 56.5 Å². The minimum Gasteiger partial charge on any atom is -0.462 e. The van der Waals surface area contributed by atoms with Gasteiger partial charge in [0.1, 0.15) is 18.0 Å². The number of aryl methyl sites for hydroxylation is 1. The molecule has 3 saturated heterocycles. The van der Waals surface area contributed by atoms with E-state index in [-0.39, 0.29) is 11.5 Å². The van der Waals surface area contributed by atoms with Gasteiger partial charge in [0.2, 0.25) is 5.91 Å². The van der Waals surface area contributed by atoms with Gasteiger partial charge in [-0.3, -0.25) is 9.69 Å². The molecule has 206 valence electrons. The Kier molecular flexibility index (Phi) is 6.33.